The maximum atomic E-state index is 12.3. The highest BCUT2D eigenvalue weighted by Crippen LogP contribution is 2.26. The predicted molar refractivity (Wildman–Crippen MR) is 92.9 cm³/mol. The van der Waals surface area contributed by atoms with Gasteiger partial charge in [0.2, 0.25) is 11.8 Å². The normalized spacial score (nSPS) is 13.7. The van der Waals surface area contributed by atoms with Crippen LogP contribution in [0.25, 0.3) is 22.7 Å². The van der Waals surface area contributed by atoms with Crippen LogP contribution in [0, 0.1) is 13.8 Å². The number of hydrogen-bond donors (Lipinski definition) is 1. The molecule has 4 rings (SSSR count). The second-order valence-corrected chi connectivity index (χ2v) is 6.34. The van der Waals surface area contributed by atoms with Crippen molar-refractivity contribution < 1.29 is 9.21 Å². The van der Waals surface area contributed by atoms with E-state index in [0.29, 0.717) is 23.4 Å². The van der Waals surface area contributed by atoms with E-state index in [4.69, 9.17) is 4.42 Å². The molecular formula is C19H18N4O2. The maximum Gasteiger partial charge on any atom is 0.251 e. The summed E-state index contributed by atoms with van der Waals surface area (Å²) >= 11 is 0. The van der Waals surface area contributed by atoms with Gasteiger partial charge in [0.1, 0.15) is 0 Å². The SMILES string of the molecule is Cc1nnc(-c2ccc(-c3cc(C(=O)NC4CC4)ccc3C)nc2)o1. The number of nitrogens with zero attached hydrogens (tertiary/aromatic N) is 3. The summed E-state index contributed by atoms with van der Waals surface area (Å²) in [6.07, 6.45) is 3.85. The minimum atomic E-state index is -0.0262. The van der Waals surface area contributed by atoms with Gasteiger partial charge >= 0.3 is 0 Å². The lowest BCUT2D eigenvalue weighted by Crippen LogP contribution is -2.25. The Morgan fingerprint density at radius 1 is 1.16 bits per heavy atom. The Morgan fingerprint density at radius 3 is 2.64 bits per heavy atom. The molecule has 1 aliphatic carbocycles. The monoisotopic (exact) mass is 334 g/mol. The van der Waals surface area contributed by atoms with E-state index in [0.717, 1.165) is 35.2 Å². The van der Waals surface area contributed by atoms with Crippen LogP contribution in [0.5, 0.6) is 0 Å². The molecule has 1 N–H and O–H groups in total. The molecule has 1 saturated carbocycles. The maximum absolute atomic E-state index is 12.3. The number of benzene rings is 1. The first-order chi connectivity index (χ1) is 12.1. The first-order valence-electron chi connectivity index (χ1n) is 8.28. The van der Waals surface area contributed by atoms with E-state index >= 15 is 0 Å². The third-order valence-electron chi connectivity index (χ3n) is 4.22. The van der Waals surface area contributed by atoms with Gasteiger partial charge in [-0.2, -0.15) is 0 Å². The fourth-order valence-corrected chi connectivity index (χ4v) is 2.63. The van der Waals surface area contributed by atoms with Crippen LogP contribution in [0.3, 0.4) is 0 Å². The van der Waals surface area contributed by atoms with E-state index in [1.807, 2.05) is 37.3 Å². The number of amides is 1. The van der Waals surface area contributed by atoms with Crippen LogP contribution in [0.4, 0.5) is 0 Å². The molecule has 2 aromatic heterocycles. The highest BCUT2D eigenvalue weighted by atomic mass is 16.4. The van der Waals surface area contributed by atoms with E-state index in [-0.39, 0.29) is 5.91 Å². The van der Waals surface area contributed by atoms with Crippen molar-refractivity contribution >= 4 is 5.91 Å². The number of pyridine rings is 1. The minimum absolute atomic E-state index is 0.0262. The highest BCUT2D eigenvalue weighted by Gasteiger charge is 2.24. The number of hydrogen-bond acceptors (Lipinski definition) is 5. The molecule has 25 heavy (non-hydrogen) atoms. The predicted octanol–water partition coefficient (Wildman–Crippen LogP) is 3.31. The largest absolute Gasteiger partial charge is 0.421 e. The van der Waals surface area contributed by atoms with E-state index in [9.17, 15) is 4.79 Å². The fraction of sp³-hybridized carbons (Fsp3) is 0.263. The van der Waals surface area contributed by atoms with E-state index in [1.165, 1.54) is 0 Å². The molecule has 3 aromatic rings. The molecular weight excluding hydrogens is 316 g/mol. The van der Waals surface area contributed by atoms with Crippen LogP contribution in [0.2, 0.25) is 0 Å². The molecule has 6 heteroatoms. The van der Waals surface area contributed by atoms with Gasteiger partial charge in [-0.25, -0.2) is 0 Å². The molecule has 1 fully saturated rings. The van der Waals surface area contributed by atoms with E-state index in [2.05, 4.69) is 20.5 Å². The summed E-state index contributed by atoms with van der Waals surface area (Å²) in [4.78, 5) is 16.8. The molecule has 2 heterocycles. The molecule has 1 aliphatic rings. The molecule has 0 unspecified atom stereocenters. The van der Waals surface area contributed by atoms with Gasteiger partial charge in [0.05, 0.1) is 11.3 Å². The number of nitrogens with one attached hydrogen (secondary N) is 1. The zero-order chi connectivity index (χ0) is 17.4. The average Bonchev–Trinajstić information content (AvgIpc) is 3.33. The number of aromatic nitrogens is 3. The number of carbonyl (C=O) groups excluding carboxylic acids is 1. The lowest BCUT2D eigenvalue weighted by atomic mass is 10.0. The van der Waals surface area contributed by atoms with Gasteiger partial charge in [-0.15, -0.1) is 10.2 Å². The zero-order valence-corrected chi connectivity index (χ0v) is 14.1. The van der Waals surface area contributed by atoms with Crippen molar-refractivity contribution in [2.45, 2.75) is 32.7 Å². The van der Waals surface area contributed by atoms with Crippen LogP contribution >= 0.6 is 0 Å². The van der Waals surface area contributed by atoms with Gasteiger partial charge in [-0.3, -0.25) is 9.78 Å². The molecule has 6 nitrogen and oxygen atoms in total. The summed E-state index contributed by atoms with van der Waals surface area (Å²) in [7, 11) is 0. The zero-order valence-electron chi connectivity index (χ0n) is 14.1. The molecule has 126 valence electrons. The van der Waals surface area contributed by atoms with Crippen LogP contribution in [-0.4, -0.2) is 27.1 Å². The second-order valence-electron chi connectivity index (χ2n) is 6.34. The Bertz CT molecular complexity index is 927. The molecule has 1 aromatic carbocycles. The van der Waals surface area contributed by atoms with Crippen molar-refractivity contribution in [2.24, 2.45) is 0 Å². The Hall–Kier alpha value is -3.02. The molecule has 0 spiro atoms. The summed E-state index contributed by atoms with van der Waals surface area (Å²) in [6, 6.07) is 9.84. The smallest absolute Gasteiger partial charge is 0.251 e. The van der Waals surface area contributed by atoms with Crippen LogP contribution in [0.15, 0.2) is 40.9 Å². The summed E-state index contributed by atoms with van der Waals surface area (Å²) in [5.41, 5.74) is 4.24. The molecule has 1 amide bonds. The standard InChI is InChI=1S/C19H18N4O2/c1-11-3-4-13(18(24)21-15-6-7-15)9-16(11)17-8-5-14(10-20-17)19-23-22-12(2)25-19/h3-5,8-10,15H,6-7H2,1-2H3,(H,21,24). The topological polar surface area (TPSA) is 80.9 Å². The van der Waals surface area contributed by atoms with E-state index < -0.39 is 0 Å². The molecule has 0 atom stereocenters. The Morgan fingerprint density at radius 2 is 2.00 bits per heavy atom. The molecule has 0 saturated heterocycles. The van der Waals surface area contributed by atoms with Crippen molar-refractivity contribution in [3.8, 4) is 22.7 Å². The van der Waals surface area contributed by atoms with Gasteiger partial charge in [-0.1, -0.05) is 6.07 Å². The van der Waals surface area contributed by atoms with Gasteiger partial charge in [-0.05, 0) is 49.6 Å². The third kappa shape index (κ3) is 3.28. The van der Waals surface area contributed by atoms with Gasteiger partial charge in [0.15, 0.2) is 0 Å². The number of rotatable bonds is 4. The summed E-state index contributed by atoms with van der Waals surface area (Å²) < 4.78 is 5.42. The summed E-state index contributed by atoms with van der Waals surface area (Å²) in [6.45, 7) is 3.76. The van der Waals surface area contributed by atoms with Crippen molar-refractivity contribution in [1.82, 2.24) is 20.5 Å². The Kier molecular flexibility index (Phi) is 3.80. The van der Waals surface area contributed by atoms with Crippen molar-refractivity contribution in [3.63, 3.8) is 0 Å². The molecule has 0 radical (unpaired) electrons. The van der Waals surface area contributed by atoms with Crippen molar-refractivity contribution in [2.75, 3.05) is 0 Å². The van der Waals surface area contributed by atoms with Gasteiger partial charge in [0, 0.05) is 30.3 Å². The van der Waals surface area contributed by atoms with E-state index in [1.54, 1.807) is 13.1 Å². The van der Waals surface area contributed by atoms with Crippen LogP contribution < -0.4 is 5.32 Å². The average molecular weight is 334 g/mol. The third-order valence-corrected chi connectivity index (χ3v) is 4.22. The number of aryl methyl sites for hydroxylation is 2. The van der Waals surface area contributed by atoms with Gasteiger partial charge in [0.25, 0.3) is 5.91 Å². The Labute approximate surface area is 145 Å². The quantitative estimate of drug-likeness (QED) is 0.791. The van der Waals surface area contributed by atoms with Crippen LogP contribution in [0.1, 0.15) is 34.7 Å². The lowest BCUT2D eigenvalue weighted by molar-refractivity contribution is 0.0951. The second kappa shape index (κ2) is 6.12. The van der Waals surface area contributed by atoms with Crippen LogP contribution in [-0.2, 0) is 0 Å². The summed E-state index contributed by atoms with van der Waals surface area (Å²) in [5.74, 6) is 0.942. The first-order valence-corrected chi connectivity index (χ1v) is 8.28. The van der Waals surface area contributed by atoms with Crippen molar-refractivity contribution in [1.29, 1.82) is 0 Å². The fourth-order valence-electron chi connectivity index (χ4n) is 2.63. The molecule has 0 bridgehead atoms. The van der Waals surface area contributed by atoms with Gasteiger partial charge < -0.3 is 9.73 Å². The lowest BCUT2D eigenvalue weighted by Gasteiger charge is -2.09. The number of carbonyl (C=O) groups is 1. The van der Waals surface area contributed by atoms with Crippen molar-refractivity contribution in [3.05, 3.63) is 53.5 Å². The summed E-state index contributed by atoms with van der Waals surface area (Å²) in [5, 5.41) is 10.8. The highest BCUT2D eigenvalue weighted by molar-refractivity contribution is 5.96. The minimum Gasteiger partial charge on any atom is -0.421 e. The Balaban J connectivity index is 1.63. The molecule has 0 aliphatic heterocycles. The first kappa shape index (κ1) is 15.5.